The number of benzene rings is 3. The molecule has 4 rings (SSSR count). The zero-order chi connectivity index (χ0) is 25.9. The first kappa shape index (κ1) is 24.4. The fraction of sp³-hybridized carbons (Fsp3) is 0.0741. The molecular weight excluding hydrogens is 472 g/mol. The van der Waals surface area contributed by atoms with Crippen molar-refractivity contribution in [3.05, 3.63) is 107 Å². The maximum Gasteiger partial charge on any atom is 0.416 e. The van der Waals surface area contributed by atoms with Gasteiger partial charge >= 0.3 is 6.18 Å². The minimum Gasteiger partial charge on any atom is -0.338 e. The van der Waals surface area contributed by atoms with Crippen LogP contribution in [0.4, 0.5) is 34.8 Å². The van der Waals surface area contributed by atoms with Crippen LogP contribution in [-0.4, -0.2) is 10.9 Å². The lowest BCUT2D eigenvalue weighted by atomic mass is 10.0. The van der Waals surface area contributed by atoms with Crippen LogP contribution in [0.3, 0.4) is 0 Å². The molecule has 0 atom stereocenters. The summed E-state index contributed by atoms with van der Waals surface area (Å²) < 4.78 is 53.3. The van der Waals surface area contributed by atoms with Gasteiger partial charge in [-0.1, -0.05) is 30.3 Å². The van der Waals surface area contributed by atoms with Crippen LogP contribution in [0, 0.1) is 24.1 Å². The van der Waals surface area contributed by atoms with Crippen molar-refractivity contribution in [2.24, 2.45) is 0 Å². The SMILES string of the molecule is Cc1ccccc1Nc1ncc(-c2ccc(C#N)cc2)cc1NC(=O)c1cc(F)cc(C(F)(F)F)c1. The predicted molar refractivity (Wildman–Crippen MR) is 128 cm³/mol. The summed E-state index contributed by atoms with van der Waals surface area (Å²) in [7, 11) is 0. The van der Waals surface area contributed by atoms with E-state index >= 15 is 0 Å². The maximum atomic E-state index is 13.9. The van der Waals surface area contributed by atoms with E-state index in [9.17, 15) is 22.4 Å². The number of hydrogen-bond acceptors (Lipinski definition) is 4. The van der Waals surface area contributed by atoms with Crippen molar-refractivity contribution in [2.45, 2.75) is 13.1 Å². The number of para-hydroxylation sites is 1. The molecule has 0 bridgehead atoms. The molecular formula is C27H18F4N4O. The Morgan fingerprint density at radius 2 is 1.67 bits per heavy atom. The van der Waals surface area contributed by atoms with Crippen LogP contribution < -0.4 is 10.6 Å². The molecule has 36 heavy (non-hydrogen) atoms. The summed E-state index contributed by atoms with van der Waals surface area (Å²) in [5, 5.41) is 14.7. The fourth-order valence-electron chi connectivity index (χ4n) is 3.47. The van der Waals surface area contributed by atoms with E-state index in [1.807, 2.05) is 31.2 Å². The summed E-state index contributed by atoms with van der Waals surface area (Å²) >= 11 is 0. The standard InChI is InChI=1S/C27H18F4N4O/c1-16-4-2-3-5-23(16)34-25-24(12-20(15-33-25)18-8-6-17(14-32)7-9-18)35-26(36)19-10-21(27(29,30)31)13-22(28)11-19/h2-13,15H,1H3,(H,33,34)(H,35,36). The lowest BCUT2D eigenvalue weighted by Gasteiger charge is -2.16. The quantitative estimate of drug-likeness (QED) is 0.293. The van der Waals surface area contributed by atoms with Crippen molar-refractivity contribution in [3.8, 4) is 17.2 Å². The molecule has 0 radical (unpaired) electrons. The number of nitrogens with zero attached hydrogens (tertiary/aromatic N) is 2. The largest absolute Gasteiger partial charge is 0.416 e. The summed E-state index contributed by atoms with van der Waals surface area (Å²) in [6.07, 6.45) is -3.26. The number of hydrogen-bond donors (Lipinski definition) is 2. The van der Waals surface area contributed by atoms with E-state index in [-0.39, 0.29) is 11.5 Å². The van der Waals surface area contributed by atoms with Gasteiger partial charge in [0.2, 0.25) is 0 Å². The van der Waals surface area contributed by atoms with E-state index in [2.05, 4.69) is 15.6 Å². The average molecular weight is 490 g/mol. The molecule has 5 nitrogen and oxygen atoms in total. The third kappa shape index (κ3) is 5.50. The van der Waals surface area contributed by atoms with Crippen molar-refractivity contribution in [1.82, 2.24) is 4.98 Å². The second-order valence-electron chi connectivity index (χ2n) is 7.93. The third-order valence-electron chi connectivity index (χ3n) is 5.37. The number of nitriles is 1. The zero-order valence-corrected chi connectivity index (χ0v) is 18.8. The molecule has 180 valence electrons. The Bertz CT molecular complexity index is 1470. The summed E-state index contributed by atoms with van der Waals surface area (Å²) in [6, 6.07) is 19.3. The molecule has 1 aromatic heterocycles. The number of alkyl halides is 3. The first-order valence-electron chi connectivity index (χ1n) is 10.7. The van der Waals surface area contributed by atoms with Crippen molar-refractivity contribution in [1.29, 1.82) is 5.26 Å². The number of nitrogens with one attached hydrogen (secondary N) is 2. The van der Waals surface area contributed by atoms with Crippen LogP contribution in [0.25, 0.3) is 11.1 Å². The first-order valence-corrected chi connectivity index (χ1v) is 10.7. The number of aryl methyl sites for hydroxylation is 1. The zero-order valence-electron chi connectivity index (χ0n) is 18.8. The lowest BCUT2D eigenvalue weighted by molar-refractivity contribution is -0.137. The third-order valence-corrected chi connectivity index (χ3v) is 5.37. The number of carbonyl (C=O) groups is 1. The van der Waals surface area contributed by atoms with Crippen LogP contribution >= 0.6 is 0 Å². The fourth-order valence-corrected chi connectivity index (χ4v) is 3.47. The van der Waals surface area contributed by atoms with Crippen LogP contribution in [-0.2, 0) is 6.18 Å². The number of amides is 1. The Balaban J connectivity index is 1.74. The van der Waals surface area contributed by atoms with Gasteiger partial charge in [0.25, 0.3) is 5.91 Å². The Hall–Kier alpha value is -4.71. The average Bonchev–Trinajstić information content (AvgIpc) is 2.85. The maximum absolute atomic E-state index is 13.9. The molecule has 1 amide bonds. The highest BCUT2D eigenvalue weighted by atomic mass is 19.4. The number of pyridine rings is 1. The van der Waals surface area contributed by atoms with E-state index in [4.69, 9.17) is 5.26 Å². The van der Waals surface area contributed by atoms with Gasteiger partial charge in [0, 0.05) is 23.0 Å². The summed E-state index contributed by atoms with van der Waals surface area (Å²) in [5.41, 5.74) is 1.75. The molecule has 9 heteroatoms. The van der Waals surface area contributed by atoms with E-state index < -0.39 is 29.0 Å². The highest BCUT2D eigenvalue weighted by Gasteiger charge is 2.32. The smallest absolute Gasteiger partial charge is 0.338 e. The Labute approximate surface area is 204 Å². The number of aromatic nitrogens is 1. The van der Waals surface area contributed by atoms with Gasteiger partial charge in [-0.25, -0.2) is 9.37 Å². The molecule has 0 aliphatic rings. The van der Waals surface area contributed by atoms with Crippen LogP contribution in [0.2, 0.25) is 0 Å². The molecule has 0 saturated heterocycles. The van der Waals surface area contributed by atoms with Crippen LogP contribution in [0.15, 0.2) is 79.0 Å². The molecule has 0 aliphatic heterocycles. The van der Waals surface area contributed by atoms with E-state index in [0.29, 0.717) is 34.5 Å². The second kappa shape index (κ2) is 9.88. The predicted octanol–water partition coefficient (Wildman–Crippen LogP) is 7.08. The number of halogens is 4. The normalized spacial score (nSPS) is 11.0. The first-order chi connectivity index (χ1) is 17.1. The highest BCUT2D eigenvalue weighted by Crippen LogP contribution is 2.32. The van der Waals surface area contributed by atoms with Gasteiger partial charge in [-0.05, 0) is 60.5 Å². The molecule has 0 spiro atoms. The van der Waals surface area contributed by atoms with Gasteiger partial charge in [0.05, 0.1) is 22.9 Å². The molecule has 0 unspecified atom stereocenters. The summed E-state index contributed by atoms with van der Waals surface area (Å²) in [5.74, 6) is -1.88. The molecule has 0 fully saturated rings. The molecule has 1 heterocycles. The van der Waals surface area contributed by atoms with Gasteiger partial charge in [-0.15, -0.1) is 0 Å². The van der Waals surface area contributed by atoms with Gasteiger partial charge in [0.1, 0.15) is 5.82 Å². The van der Waals surface area contributed by atoms with Gasteiger partial charge in [-0.2, -0.15) is 18.4 Å². The van der Waals surface area contributed by atoms with E-state index in [1.165, 1.54) is 0 Å². The minimum absolute atomic E-state index is 0.169. The molecule has 0 saturated carbocycles. The molecule has 3 aromatic carbocycles. The van der Waals surface area contributed by atoms with Gasteiger partial charge in [-0.3, -0.25) is 4.79 Å². The molecule has 2 N–H and O–H groups in total. The highest BCUT2D eigenvalue weighted by molar-refractivity contribution is 6.06. The summed E-state index contributed by atoms with van der Waals surface area (Å²) in [6.45, 7) is 1.87. The van der Waals surface area contributed by atoms with E-state index in [1.54, 1.807) is 42.6 Å². The minimum atomic E-state index is -4.81. The number of rotatable bonds is 5. The monoisotopic (exact) mass is 490 g/mol. The van der Waals surface area contributed by atoms with Gasteiger partial charge < -0.3 is 10.6 Å². The van der Waals surface area contributed by atoms with Gasteiger partial charge in [0.15, 0.2) is 5.82 Å². The molecule has 4 aromatic rings. The van der Waals surface area contributed by atoms with Crippen molar-refractivity contribution in [2.75, 3.05) is 10.6 Å². The molecule has 0 aliphatic carbocycles. The van der Waals surface area contributed by atoms with Crippen molar-refractivity contribution in [3.63, 3.8) is 0 Å². The summed E-state index contributed by atoms with van der Waals surface area (Å²) in [4.78, 5) is 17.3. The topological polar surface area (TPSA) is 77.8 Å². The number of anilines is 3. The second-order valence-corrected chi connectivity index (χ2v) is 7.93. The van der Waals surface area contributed by atoms with Crippen LogP contribution in [0.5, 0.6) is 0 Å². The van der Waals surface area contributed by atoms with Crippen molar-refractivity contribution >= 4 is 23.1 Å². The Morgan fingerprint density at radius 1 is 0.944 bits per heavy atom. The van der Waals surface area contributed by atoms with E-state index in [0.717, 1.165) is 11.6 Å². The Morgan fingerprint density at radius 3 is 2.33 bits per heavy atom. The van der Waals surface area contributed by atoms with Crippen LogP contribution in [0.1, 0.15) is 27.0 Å². The lowest BCUT2D eigenvalue weighted by Crippen LogP contribution is -2.16. The Kier molecular flexibility index (Phi) is 6.70. The van der Waals surface area contributed by atoms with Crippen molar-refractivity contribution < 1.29 is 22.4 Å². The number of carbonyl (C=O) groups excluding carboxylic acids is 1.